The van der Waals surface area contributed by atoms with Crippen molar-refractivity contribution in [3.05, 3.63) is 88.2 Å². The Morgan fingerprint density at radius 2 is 1.48 bits per heavy atom. The summed E-state index contributed by atoms with van der Waals surface area (Å²) in [7, 11) is 0. The number of para-hydroxylation sites is 2. The Balaban J connectivity index is 2.03. The number of nitrogens with zero attached hydrogens (tertiary/aromatic N) is 1. The predicted molar refractivity (Wildman–Crippen MR) is 112 cm³/mol. The molecule has 0 spiro atoms. The molecule has 2 N–H and O–H groups in total. The Hall–Kier alpha value is -2.78. The molecule has 0 aliphatic heterocycles. The van der Waals surface area contributed by atoms with E-state index in [0.29, 0.717) is 11.1 Å². The SMILES string of the molecule is Cc1cc(Cl)nc(Cl)c1C(=C=O)C(Nc1ccccc1)Nc1ccccc1. The van der Waals surface area contributed by atoms with Gasteiger partial charge in [-0.25, -0.2) is 9.78 Å². The van der Waals surface area contributed by atoms with Crippen LogP contribution in [0.3, 0.4) is 0 Å². The molecule has 136 valence electrons. The average Bonchev–Trinajstić information content (AvgIpc) is 2.66. The molecule has 27 heavy (non-hydrogen) atoms. The van der Waals surface area contributed by atoms with Crippen LogP contribution in [0, 0.1) is 6.92 Å². The van der Waals surface area contributed by atoms with Gasteiger partial charge < -0.3 is 10.6 Å². The Labute approximate surface area is 167 Å². The minimum atomic E-state index is -0.577. The summed E-state index contributed by atoms with van der Waals surface area (Å²) in [5, 5.41) is 7.07. The van der Waals surface area contributed by atoms with E-state index in [1.165, 1.54) is 0 Å². The first kappa shape index (κ1) is 19.0. The Kier molecular flexibility index (Phi) is 6.15. The van der Waals surface area contributed by atoms with Crippen molar-refractivity contribution in [2.45, 2.75) is 13.1 Å². The lowest BCUT2D eigenvalue weighted by Crippen LogP contribution is -2.31. The van der Waals surface area contributed by atoms with Crippen molar-refractivity contribution in [2.24, 2.45) is 0 Å². The van der Waals surface area contributed by atoms with Gasteiger partial charge in [0, 0.05) is 16.9 Å². The third-order valence-corrected chi connectivity index (χ3v) is 4.45. The second-order valence-electron chi connectivity index (χ2n) is 5.90. The lowest BCUT2D eigenvalue weighted by atomic mass is 10.0. The summed E-state index contributed by atoms with van der Waals surface area (Å²) in [6.07, 6.45) is -0.577. The fourth-order valence-electron chi connectivity index (χ4n) is 2.76. The third-order valence-electron chi connectivity index (χ3n) is 3.98. The standard InChI is InChI=1S/C21H17Cl2N3O/c1-14-12-18(22)26-20(23)19(14)17(13-27)21(24-15-8-4-2-5-9-15)25-16-10-6-3-7-11-16/h2-12,21,24-25H,1H3. The zero-order valence-electron chi connectivity index (χ0n) is 14.5. The normalized spacial score (nSPS) is 10.4. The van der Waals surface area contributed by atoms with E-state index in [1.807, 2.05) is 73.5 Å². The van der Waals surface area contributed by atoms with Gasteiger partial charge in [0.05, 0.1) is 5.57 Å². The van der Waals surface area contributed by atoms with Crippen molar-refractivity contribution in [3.8, 4) is 0 Å². The largest absolute Gasteiger partial charge is 0.361 e. The quantitative estimate of drug-likeness (QED) is 0.329. The molecule has 0 atom stereocenters. The highest BCUT2D eigenvalue weighted by atomic mass is 35.5. The number of carbonyl (C=O) groups excluding carboxylic acids is 1. The van der Waals surface area contributed by atoms with Gasteiger partial charge in [0.25, 0.3) is 0 Å². The lowest BCUT2D eigenvalue weighted by Gasteiger charge is -2.24. The highest BCUT2D eigenvalue weighted by Gasteiger charge is 2.23. The molecule has 0 fully saturated rings. The van der Waals surface area contributed by atoms with Crippen molar-refractivity contribution in [2.75, 3.05) is 10.6 Å². The molecule has 0 aliphatic carbocycles. The highest BCUT2D eigenvalue weighted by molar-refractivity contribution is 6.34. The van der Waals surface area contributed by atoms with E-state index in [0.717, 1.165) is 16.9 Å². The molecule has 0 radical (unpaired) electrons. The number of aromatic nitrogens is 1. The number of aryl methyl sites for hydroxylation is 1. The zero-order chi connectivity index (χ0) is 19.2. The number of pyridine rings is 1. The molecule has 1 aromatic heterocycles. The van der Waals surface area contributed by atoms with Gasteiger partial charge in [-0.05, 0) is 42.8 Å². The van der Waals surface area contributed by atoms with Gasteiger partial charge in [-0.15, -0.1) is 0 Å². The summed E-state index contributed by atoms with van der Waals surface area (Å²) in [6, 6.07) is 20.8. The van der Waals surface area contributed by atoms with Gasteiger partial charge in [0.1, 0.15) is 22.4 Å². The second-order valence-corrected chi connectivity index (χ2v) is 6.64. The maximum Gasteiger partial charge on any atom is 0.139 e. The van der Waals surface area contributed by atoms with Crippen molar-refractivity contribution in [1.29, 1.82) is 0 Å². The van der Waals surface area contributed by atoms with Gasteiger partial charge in [0.2, 0.25) is 0 Å². The molecule has 0 saturated carbocycles. The summed E-state index contributed by atoms with van der Waals surface area (Å²) in [5.74, 6) is 2.03. The molecule has 4 nitrogen and oxygen atoms in total. The number of hydrogen-bond donors (Lipinski definition) is 2. The van der Waals surface area contributed by atoms with Crippen LogP contribution in [-0.2, 0) is 4.79 Å². The summed E-state index contributed by atoms with van der Waals surface area (Å²) in [4.78, 5) is 16.0. The molecule has 0 unspecified atom stereocenters. The van der Waals surface area contributed by atoms with Crippen molar-refractivity contribution in [1.82, 2.24) is 4.98 Å². The summed E-state index contributed by atoms with van der Waals surface area (Å²) >= 11 is 12.3. The fraction of sp³-hybridized carbons (Fsp3) is 0.0952. The number of halogens is 2. The second kappa shape index (κ2) is 8.74. The van der Waals surface area contributed by atoms with Gasteiger partial charge in [-0.1, -0.05) is 59.6 Å². The van der Waals surface area contributed by atoms with Crippen LogP contribution in [0.2, 0.25) is 10.3 Å². The van der Waals surface area contributed by atoms with E-state index in [2.05, 4.69) is 15.6 Å². The van der Waals surface area contributed by atoms with E-state index in [9.17, 15) is 4.79 Å². The average molecular weight is 398 g/mol. The fourth-order valence-corrected chi connectivity index (χ4v) is 3.39. The summed E-state index contributed by atoms with van der Waals surface area (Å²) in [5.41, 5.74) is 3.25. The number of nitrogens with one attached hydrogen (secondary N) is 2. The van der Waals surface area contributed by atoms with Crippen molar-refractivity contribution in [3.63, 3.8) is 0 Å². The monoisotopic (exact) mass is 397 g/mol. The molecule has 3 rings (SSSR count). The van der Waals surface area contributed by atoms with Gasteiger partial charge in [-0.2, -0.15) is 0 Å². The molecule has 1 heterocycles. The minimum absolute atomic E-state index is 0.160. The van der Waals surface area contributed by atoms with Crippen LogP contribution in [0.25, 0.3) is 5.57 Å². The van der Waals surface area contributed by atoms with Crippen LogP contribution >= 0.6 is 23.2 Å². The smallest absolute Gasteiger partial charge is 0.139 e. The molecule has 0 amide bonds. The Bertz CT molecular complexity index is 907. The molecule has 0 saturated heterocycles. The maximum absolute atomic E-state index is 12.0. The topological polar surface area (TPSA) is 54.0 Å². The Morgan fingerprint density at radius 3 is 1.93 bits per heavy atom. The molecule has 6 heteroatoms. The number of rotatable bonds is 6. The Morgan fingerprint density at radius 1 is 0.963 bits per heavy atom. The number of hydrogen-bond acceptors (Lipinski definition) is 4. The molecule has 3 aromatic rings. The van der Waals surface area contributed by atoms with E-state index in [4.69, 9.17) is 23.2 Å². The first-order chi connectivity index (χ1) is 13.1. The van der Waals surface area contributed by atoms with Crippen LogP contribution in [0.4, 0.5) is 11.4 Å². The molecule has 0 aliphatic rings. The maximum atomic E-state index is 12.0. The summed E-state index contributed by atoms with van der Waals surface area (Å²) < 4.78 is 0. The lowest BCUT2D eigenvalue weighted by molar-refractivity contribution is 0.569. The summed E-state index contributed by atoms with van der Waals surface area (Å²) in [6.45, 7) is 1.83. The minimum Gasteiger partial charge on any atom is -0.361 e. The molecular weight excluding hydrogens is 381 g/mol. The molecular formula is C21H17Cl2N3O. The van der Waals surface area contributed by atoms with Gasteiger partial charge in [-0.3, -0.25) is 0 Å². The number of anilines is 2. The highest BCUT2D eigenvalue weighted by Crippen LogP contribution is 2.30. The van der Waals surface area contributed by atoms with Crippen LogP contribution < -0.4 is 10.6 Å². The van der Waals surface area contributed by atoms with E-state index < -0.39 is 6.17 Å². The number of benzene rings is 2. The van der Waals surface area contributed by atoms with Crippen molar-refractivity contribution < 1.29 is 4.79 Å². The molecule has 2 aromatic carbocycles. The van der Waals surface area contributed by atoms with E-state index >= 15 is 0 Å². The zero-order valence-corrected chi connectivity index (χ0v) is 16.1. The first-order valence-electron chi connectivity index (χ1n) is 8.29. The third kappa shape index (κ3) is 4.69. The molecule has 0 bridgehead atoms. The van der Waals surface area contributed by atoms with Crippen molar-refractivity contribution >= 4 is 46.1 Å². The van der Waals surface area contributed by atoms with E-state index in [1.54, 1.807) is 6.07 Å². The first-order valence-corrected chi connectivity index (χ1v) is 9.05. The van der Waals surface area contributed by atoms with E-state index in [-0.39, 0.29) is 10.3 Å². The van der Waals surface area contributed by atoms with Crippen LogP contribution in [-0.4, -0.2) is 17.1 Å². The van der Waals surface area contributed by atoms with Crippen LogP contribution in [0.1, 0.15) is 11.1 Å². The van der Waals surface area contributed by atoms with Crippen LogP contribution in [0.5, 0.6) is 0 Å². The predicted octanol–water partition coefficient (Wildman–Crippen LogP) is 5.46. The van der Waals surface area contributed by atoms with Crippen LogP contribution in [0.15, 0.2) is 66.7 Å². The van der Waals surface area contributed by atoms with Gasteiger partial charge >= 0.3 is 0 Å². The van der Waals surface area contributed by atoms with Gasteiger partial charge in [0.15, 0.2) is 0 Å².